The number of fused-ring (bicyclic) bond motifs is 3. The summed E-state index contributed by atoms with van der Waals surface area (Å²) in [6.07, 6.45) is 11.4. The van der Waals surface area contributed by atoms with Gasteiger partial charge in [-0.25, -0.2) is 0 Å². The van der Waals surface area contributed by atoms with Gasteiger partial charge in [0.1, 0.15) is 0 Å². The van der Waals surface area contributed by atoms with Gasteiger partial charge in [0.05, 0.1) is 29.0 Å². The number of carbonyl (C=O) groups is 1. The van der Waals surface area contributed by atoms with Crippen LogP contribution in [0.2, 0.25) is 0 Å². The first-order valence-electron chi connectivity index (χ1n) is 11.0. The first-order chi connectivity index (χ1) is 15.2. The Morgan fingerprint density at radius 3 is 2.94 bits per heavy atom. The molecule has 0 saturated carbocycles. The summed E-state index contributed by atoms with van der Waals surface area (Å²) in [6.45, 7) is 3.09. The normalized spacial score (nSPS) is 22.2. The molecule has 0 bridgehead atoms. The SMILES string of the molecule is O=C(C1CCn2nccc2C1)N1CCC2(CC1)OCCc1sc(-c3cnccn3)cc12. The molecular weight excluding hydrogens is 410 g/mol. The maximum absolute atomic E-state index is 13.2. The predicted molar refractivity (Wildman–Crippen MR) is 117 cm³/mol. The molecule has 3 aliphatic rings. The Morgan fingerprint density at radius 2 is 2.10 bits per heavy atom. The molecular formula is C23H25N5O2S. The van der Waals surface area contributed by atoms with Crippen molar-refractivity contribution in [2.24, 2.45) is 5.92 Å². The van der Waals surface area contributed by atoms with Gasteiger partial charge in [0.25, 0.3) is 0 Å². The van der Waals surface area contributed by atoms with Gasteiger partial charge in [0.2, 0.25) is 5.91 Å². The van der Waals surface area contributed by atoms with Crippen molar-refractivity contribution in [2.45, 2.75) is 44.2 Å². The number of rotatable bonds is 2. The van der Waals surface area contributed by atoms with E-state index in [0.29, 0.717) is 5.91 Å². The Kier molecular flexibility index (Phi) is 4.65. The van der Waals surface area contributed by atoms with Crippen molar-refractivity contribution in [2.75, 3.05) is 19.7 Å². The summed E-state index contributed by atoms with van der Waals surface area (Å²) in [4.78, 5) is 26.5. The van der Waals surface area contributed by atoms with Crippen LogP contribution in [0.15, 0.2) is 36.9 Å². The van der Waals surface area contributed by atoms with E-state index in [2.05, 4.69) is 26.0 Å². The first kappa shape index (κ1) is 19.1. The molecule has 3 aromatic rings. The molecule has 1 saturated heterocycles. The van der Waals surface area contributed by atoms with E-state index in [4.69, 9.17) is 4.74 Å². The third kappa shape index (κ3) is 3.29. The minimum Gasteiger partial charge on any atom is -0.370 e. The molecule has 1 fully saturated rings. The second-order valence-electron chi connectivity index (χ2n) is 8.69. The minimum atomic E-state index is -0.271. The van der Waals surface area contributed by atoms with Crippen LogP contribution < -0.4 is 0 Å². The number of nitrogens with zero attached hydrogens (tertiary/aromatic N) is 5. The number of ether oxygens (including phenoxy) is 1. The summed E-state index contributed by atoms with van der Waals surface area (Å²) in [5, 5.41) is 4.33. The third-order valence-corrected chi connectivity index (χ3v) is 8.22. The van der Waals surface area contributed by atoms with E-state index in [0.717, 1.165) is 68.9 Å². The summed E-state index contributed by atoms with van der Waals surface area (Å²) in [5.74, 6) is 0.370. The highest BCUT2D eigenvalue weighted by molar-refractivity contribution is 7.15. The fourth-order valence-electron chi connectivity index (χ4n) is 5.31. The topological polar surface area (TPSA) is 73.1 Å². The van der Waals surface area contributed by atoms with Gasteiger partial charge in [-0.3, -0.25) is 19.4 Å². The van der Waals surface area contributed by atoms with Crippen molar-refractivity contribution in [3.63, 3.8) is 0 Å². The lowest BCUT2D eigenvalue weighted by Gasteiger charge is -2.44. The number of hydrogen-bond acceptors (Lipinski definition) is 6. The Hall–Kier alpha value is -2.58. The Bertz CT molecular complexity index is 1100. The van der Waals surface area contributed by atoms with Crippen LogP contribution in [0.3, 0.4) is 0 Å². The maximum Gasteiger partial charge on any atom is 0.226 e. The van der Waals surface area contributed by atoms with Crippen molar-refractivity contribution in [3.05, 3.63) is 53.1 Å². The van der Waals surface area contributed by atoms with Crippen LogP contribution in [0.4, 0.5) is 0 Å². The number of aromatic nitrogens is 4. The minimum absolute atomic E-state index is 0.0745. The number of hydrogen-bond donors (Lipinski definition) is 0. The molecule has 31 heavy (non-hydrogen) atoms. The fraction of sp³-hybridized carbons (Fsp3) is 0.478. The molecule has 1 atom stereocenters. The number of amides is 1. The van der Waals surface area contributed by atoms with E-state index in [1.165, 1.54) is 16.1 Å². The lowest BCUT2D eigenvalue weighted by Crippen LogP contribution is -2.50. The molecule has 1 unspecified atom stereocenters. The predicted octanol–water partition coefficient (Wildman–Crippen LogP) is 3.05. The van der Waals surface area contributed by atoms with Gasteiger partial charge in [-0.1, -0.05) is 0 Å². The van der Waals surface area contributed by atoms with Gasteiger partial charge in [-0.05, 0) is 37.0 Å². The second-order valence-corrected chi connectivity index (χ2v) is 9.83. The first-order valence-corrected chi connectivity index (χ1v) is 11.9. The average Bonchev–Trinajstić information content (AvgIpc) is 3.47. The smallest absolute Gasteiger partial charge is 0.226 e. The molecule has 3 aliphatic heterocycles. The third-order valence-electron chi connectivity index (χ3n) is 7.00. The number of thiophene rings is 1. The highest BCUT2D eigenvalue weighted by Gasteiger charge is 2.43. The summed E-state index contributed by atoms with van der Waals surface area (Å²) in [7, 11) is 0. The van der Waals surface area contributed by atoms with Gasteiger partial charge in [-0.15, -0.1) is 11.3 Å². The Labute approximate surface area is 185 Å². The van der Waals surface area contributed by atoms with Crippen LogP contribution in [0.5, 0.6) is 0 Å². The Morgan fingerprint density at radius 1 is 1.19 bits per heavy atom. The summed E-state index contributed by atoms with van der Waals surface area (Å²) < 4.78 is 8.44. The number of aryl methyl sites for hydroxylation is 1. The van der Waals surface area contributed by atoms with E-state index in [1.54, 1.807) is 12.4 Å². The molecule has 1 amide bonds. The van der Waals surface area contributed by atoms with Crippen molar-refractivity contribution in [1.29, 1.82) is 0 Å². The number of carbonyl (C=O) groups excluding carboxylic acids is 1. The lowest BCUT2D eigenvalue weighted by atomic mass is 9.81. The van der Waals surface area contributed by atoms with Crippen molar-refractivity contribution in [3.8, 4) is 10.6 Å². The molecule has 7 nitrogen and oxygen atoms in total. The van der Waals surface area contributed by atoms with E-state index in [-0.39, 0.29) is 11.5 Å². The van der Waals surface area contributed by atoms with Gasteiger partial charge < -0.3 is 9.64 Å². The largest absolute Gasteiger partial charge is 0.370 e. The van der Waals surface area contributed by atoms with Crippen LogP contribution in [0.25, 0.3) is 10.6 Å². The van der Waals surface area contributed by atoms with Gasteiger partial charge in [0, 0.05) is 67.6 Å². The van der Waals surface area contributed by atoms with Crippen molar-refractivity contribution in [1.82, 2.24) is 24.6 Å². The van der Waals surface area contributed by atoms with Gasteiger partial charge in [-0.2, -0.15) is 5.10 Å². The molecule has 8 heteroatoms. The van der Waals surface area contributed by atoms with E-state index in [9.17, 15) is 4.79 Å². The fourth-order valence-corrected chi connectivity index (χ4v) is 6.50. The number of piperidine rings is 1. The van der Waals surface area contributed by atoms with Gasteiger partial charge in [0.15, 0.2) is 0 Å². The van der Waals surface area contributed by atoms with Gasteiger partial charge >= 0.3 is 0 Å². The molecule has 0 radical (unpaired) electrons. The average molecular weight is 436 g/mol. The summed E-state index contributed by atoms with van der Waals surface area (Å²) in [6, 6.07) is 4.29. The number of likely N-dealkylation sites (tertiary alicyclic amines) is 1. The molecule has 0 N–H and O–H groups in total. The van der Waals surface area contributed by atoms with E-state index < -0.39 is 0 Å². The van der Waals surface area contributed by atoms with Crippen LogP contribution >= 0.6 is 11.3 Å². The molecule has 160 valence electrons. The lowest BCUT2D eigenvalue weighted by molar-refractivity contribution is -0.145. The van der Waals surface area contributed by atoms with E-state index >= 15 is 0 Å². The zero-order valence-electron chi connectivity index (χ0n) is 17.4. The molecule has 0 aliphatic carbocycles. The quantitative estimate of drug-likeness (QED) is 0.619. The van der Waals surface area contributed by atoms with Crippen molar-refractivity contribution < 1.29 is 9.53 Å². The zero-order valence-corrected chi connectivity index (χ0v) is 18.2. The summed E-state index contributed by atoms with van der Waals surface area (Å²) in [5.41, 5.74) is 3.12. The highest BCUT2D eigenvalue weighted by atomic mass is 32.1. The summed E-state index contributed by atoms with van der Waals surface area (Å²) >= 11 is 1.81. The van der Waals surface area contributed by atoms with Crippen LogP contribution in [-0.2, 0) is 34.5 Å². The monoisotopic (exact) mass is 435 g/mol. The standard InChI is InChI=1S/C23H25N5O2S/c29-22(16-2-9-28-17(13-16)1-6-26-28)27-10-4-23(5-11-27)18-14-21(19-15-24-7-8-25-19)31-20(18)3-12-30-23/h1,6-8,14-16H,2-5,9-13H2. The van der Waals surface area contributed by atoms with Crippen LogP contribution in [0.1, 0.15) is 35.4 Å². The van der Waals surface area contributed by atoms with Crippen LogP contribution in [-0.4, -0.2) is 50.3 Å². The van der Waals surface area contributed by atoms with Crippen molar-refractivity contribution >= 4 is 17.2 Å². The molecule has 6 rings (SSSR count). The molecule has 3 aromatic heterocycles. The highest BCUT2D eigenvalue weighted by Crippen LogP contribution is 2.46. The van der Waals surface area contributed by atoms with Crippen LogP contribution in [0, 0.1) is 5.92 Å². The second kappa shape index (κ2) is 7.53. The molecule has 6 heterocycles. The molecule has 1 spiro atoms. The Balaban J connectivity index is 1.19. The molecule has 0 aromatic carbocycles. The maximum atomic E-state index is 13.2. The van der Waals surface area contributed by atoms with E-state index in [1.807, 2.05) is 34.5 Å². The zero-order chi connectivity index (χ0) is 20.8.